The largest absolute Gasteiger partial charge is 0.383 e. The highest BCUT2D eigenvalue weighted by atomic mass is 35.5. The van der Waals surface area contributed by atoms with Crippen molar-refractivity contribution in [3.8, 4) is 0 Å². The van der Waals surface area contributed by atoms with Crippen molar-refractivity contribution in [2.75, 3.05) is 13.7 Å². The summed E-state index contributed by atoms with van der Waals surface area (Å²) in [6.45, 7) is 2.37. The van der Waals surface area contributed by atoms with Crippen LogP contribution in [0.25, 0.3) is 6.08 Å². The second-order valence-corrected chi connectivity index (χ2v) is 4.13. The second kappa shape index (κ2) is 7.09. The zero-order chi connectivity index (χ0) is 12.7. The maximum atomic E-state index is 11.5. The summed E-state index contributed by atoms with van der Waals surface area (Å²) in [5.41, 5.74) is 0.823. The van der Waals surface area contributed by atoms with Crippen molar-refractivity contribution in [1.29, 1.82) is 0 Å². The number of carbonyl (C=O) groups excluding carboxylic acids is 1. The Morgan fingerprint density at radius 2 is 2.24 bits per heavy atom. The maximum Gasteiger partial charge on any atom is 0.244 e. The lowest BCUT2D eigenvalue weighted by Crippen LogP contribution is -2.34. The van der Waals surface area contributed by atoms with E-state index in [-0.39, 0.29) is 11.9 Å². The van der Waals surface area contributed by atoms with Gasteiger partial charge >= 0.3 is 0 Å². The van der Waals surface area contributed by atoms with Gasteiger partial charge in [0.2, 0.25) is 5.91 Å². The minimum atomic E-state index is -0.158. The summed E-state index contributed by atoms with van der Waals surface area (Å²) in [6.07, 6.45) is 3.16. The van der Waals surface area contributed by atoms with Gasteiger partial charge in [-0.1, -0.05) is 29.8 Å². The van der Waals surface area contributed by atoms with E-state index in [0.29, 0.717) is 11.6 Å². The van der Waals surface area contributed by atoms with Crippen molar-refractivity contribution in [2.45, 2.75) is 13.0 Å². The fraction of sp³-hybridized carbons (Fsp3) is 0.308. The van der Waals surface area contributed by atoms with Crippen molar-refractivity contribution < 1.29 is 9.53 Å². The number of nitrogens with one attached hydrogen (secondary N) is 1. The minimum Gasteiger partial charge on any atom is -0.383 e. The molecule has 0 aliphatic carbocycles. The smallest absolute Gasteiger partial charge is 0.244 e. The van der Waals surface area contributed by atoms with Gasteiger partial charge in [0.1, 0.15) is 0 Å². The first-order valence-corrected chi connectivity index (χ1v) is 5.73. The zero-order valence-corrected chi connectivity index (χ0v) is 10.7. The van der Waals surface area contributed by atoms with Crippen molar-refractivity contribution >= 4 is 23.6 Å². The highest BCUT2D eigenvalue weighted by Crippen LogP contribution is 2.15. The molecule has 1 aromatic carbocycles. The summed E-state index contributed by atoms with van der Waals surface area (Å²) in [4.78, 5) is 11.5. The number of amides is 1. The van der Waals surface area contributed by atoms with Crippen LogP contribution < -0.4 is 5.32 Å². The van der Waals surface area contributed by atoms with Crippen LogP contribution in [0.4, 0.5) is 0 Å². The lowest BCUT2D eigenvalue weighted by atomic mass is 10.2. The van der Waals surface area contributed by atoms with Crippen molar-refractivity contribution in [1.82, 2.24) is 5.32 Å². The first-order valence-electron chi connectivity index (χ1n) is 5.35. The van der Waals surface area contributed by atoms with Crippen LogP contribution in [0.5, 0.6) is 0 Å². The van der Waals surface area contributed by atoms with E-state index in [9.17, 15) is 4.79 Å². The molecule has 0 saturated heterocycles. The summed E-state index contributed by atoms with van der Waals surface area (Å²) < 4.78 is 4.93. The first kappa shape index (κ1) is 13.7. The van der Waals surface area contributed by atoms with Gasteiger partial charge in [-0.3, -0.25) is 4.79 Å². The van der Waals surface area contributed by atoms with Gasteiger partial charge in [0, 0.05) is 24.3 Å². The predicted molar refractivity (Wildman–Crippen MR) is 70.0 cm³/mol. The standard InChI is InChI=1S/C13H16ClNO2/c1-10(9-17-2)15-13(16)8-7-11-5-3-4-6-12(11)14/h3-8,10H,9H2,1-2H3,(H,15,16)/b8-7+. The average Bonchev–Trinajstić information content (AvgIpc) is 2.28. The number of benzene rings is 1. The Hall–Kier alpha value is -1.32. The normalized spacial score (nSPS) is 12.6. The van der Waals surface area contributed by atoms with Crippen LogP contribution >= 0.6 is 11.6 Å². The molecule has 1 rings (SSSR count). The molecule has 92 valence electrons. The molecule has 1 unspecified atom stereocenters. The van der Waals surface area contributed by atoms with Gasteiger partial charge in [-0.2, -0.15) is 0 Å². The summed E-state index contributed by atoms with van der Waals surface area (Å²) in [6, 6.07) is 7.35. The zero-order valence-electron chi connectivity index (χ0n) is 9.94. The van der Waals surface area contributed by atoms with Crippen LogP contribution in [0.2, 0.25) is 5.02 Å². The SMILES string of the molecule is COCC(C)NC(=O)/C=C/c1ccccc1Cl. The van der Waals surface area contributed by atoms with Gasteiger partial charge in [0.15, 0.2) is 0 Å². The average molecular weight is 254 g/mol. The van der Waals surface area contributed by atoms with E-state index >= 15 is 0 Å². The van der Waals surface area contributed by atoms with Crippen LogP contribution in [-0.4, -0.2) is 25.7 Å². The minimum absolute atomic E-state index is 0.0107. The van der Waals surface area contributed by atoms with E-state index in [0.717, 1.165) is 5.56 Å². The van der Waals surface area contributed by atoms with E-state index in [4.69, 9.17) is 16.3 Å². The number of halogens is 1. The van der Waals surface area contributed by atoms with Crippen molar-refractivity contribution in [3.05, 3.63) is 40.9 Å². The van der Waals surface area contributed by atoms with Gasteiger partial charge in [-0.15, -0.1) is 0 Å². The maximum absolute atomic E-state index is 11.5. The van der Waals surface area contributed by atoms with Crippen LogP contribution in [0, 0.1) is 0 Å². The van der Waals surface area contributed by atoms with E-state index in [1.54, 1.807) is 19.3 Å². The Kier molecular flexibility index (Phi) is 5.73. The van der Waals surface area contributed by atoms with Gasteiger partial charge in [0.05, 0.1) is 6.61 Å². The third-order valence-electron chi connectivity index (χ3n) is 2.12. The first-order chi connectivity index (χ1) is 8.13. The Balaban J connectivity index is 2.54. The van der Waals surface area contributed by atoms with E-state index in [2.05, 4.69) is 5.32 Å². The monoisotopic (exact) mass is 253 g/mol. The molecule has 0 aliphatic rings. The highest BCUT2D eigenvalue weighted by molar-refractivity contribution is 6.32. The van der Waals surface area contributed by atoms with Gasteiger partial charge in [0.25, 0.3) is 0 Å². The molecule has 0 radical (unpaired) electrons. The van der Waals surface area contributed by atoms with Crippen LogP contribution in [0.3, 0.4) is 0 Å². The summed E-state index contributed by atoms with van der Waals surface area (Å²) in [5.74, 6) is -0.158. The molecule has 1 N–H and O–H groups in total. The van der Waals surface area contributed by atoms with Crippen molar-refractivity contribution in [2.24, 2.45) is 0 Å². The van der Waals surface area contributed by atoms with Gasteiger partial charge in [-0.25, -0.2) is 0 Å². The van der Waals surface area contributed by atoms with Crippen LogP contribution in [0.15, 0.2) is 30.3 Å². The molecule has 1 atom stereocenters. The molecule has 0 spiro atoms. The van der Waals surface area contributed by atoms with Crippen LogP contribution in [-0.2, 0) is 9.53 Å². The van der Waals surface area contributed by atoms with Gasteiger partial charge < -0.3 is 10.1 Å². The molecule has 0 aliphatic heterocycles. The number of hydrogen-bond acceptors (Lipinski definition) is 2. The third-order valence-corrected chi connectivity index (χ3v) is 2.47. The number of hydrogen-bond donors (Lipinski definition) is 1. The molecular weight excluding hydrogens is 238 g/mol. The topological polar surface area (TPSA) is 38.3 Å². The Labute approximate surface area is 106 Å². The quantitative estimate of drug-likeness (QED) is 0.819. The molecule has 1 aromatic rings. The van der Waals surface area contributed by atoms with Gasteiger partial charge in [-0.05, 0) is 24.6 Å². The number of rotatable bonds is 5. The molecule has 3 nitrogen and oxygen atoms in total. The molecule has 0 fully saturated rings. The summed E-state index contributed by atoms with van der Waals surface area (Å²) in [5, 5.41) is 3.40. The highest BCUT2D eigenvalue weighted by Gasteiger charge is 2.03. The molecule has 4 heteroatoms. The van der Waals surface area contributed by atoms with E-state index in [1.807, 2.05) is 25.1 Å². The van der Waals surface area contributed by atoms with Crippen molar-refractivity contribution in [3.63, 3.8) is 0 Å². The number of carbonyl (C=O) groups is 1. The fourth-order valence-corrected chi connectivity index (χ4v) is 1.56. The second-order valence-electron chi connectivity index (χ2n) is 3.72. The third kappa shape index (κ3) is 5.02. The molecule has 0 heterocycles. The fourth-order valence-electron chi connectivity index (χ4n) is 1.36. The summed E-state index contributed by atoms with van der Waals surface area (Å²) in [7, 11) is 1.60. The molecular formula is C13H16ClNO2. The molecule has 17 heavy (non-hydrogen) atoms. The number of methoxy groups -OCH3 is 1. The summed E-state index contributed by atoms with van der Waals surface area (Å²) >= 11 is 5.96. The Morgan fingerprint density at radius 3 is 2.88 bits per heavy atom. The molecule has 0 saturated carbocycles. The molecule has 0 bridgehead atoms. The number of ether oxygens (including phenoxy) is 1. The van der Waals surface area contributed by atoms with Crippen LogP contribution in [0.1, 0.15) is 12.5 Å². The Morgan fingerprint density at radius 1 is 1.53 bits per heavy atom. The lowest BCUT2D eigenvalue weighted by molar-refractivity contribution is -0.117. The lowest BCUT2D eigenvalue weighted by Gasteiger charge is -2.10. The predicted octanol–water partition coefficient (Wildman–Crippen LogP) is 2.50. The van der Waals surface area contributed by atoms with E-state index in [1.165, 1.54) is 6.08 Å². The Bertz CT molecular complexity index is 404. The van der Waals surface area contributed by atoms with E-state index < -0.39 is 0 Å². The molecule has 0 aromatic heterocycles. The molecule has 1 amide bonds.